The van der Waals surface area contributed by atoms with Crippen molar-refractivity contribution in [2.45, 2.75) is 46.3 Å². The summed E-state index contributed by atoms with van der Waals surface area (Å²) < 4.78 is 16.3. The van der Waals surface area contributed by atoms with Crippen molar-refractivity contribution < 1.29 is 23.8 Å². The number of ether oxygens (including phenoxy) is 3. The van der Waals surface area contributed by atoms with Gasteiger partial charge in [-0.3, -0.25) is 0 Å². The molecule has 8 heteroatoms. The van der Waals surface area contributed by atoms with Crippen molar-refractivity contribution in [2.24, 2.45) is 0 Å². The van der Waals surface area contributed by atoms with Crippen LogP contribution in [0, 0.1) is 0 Å². The maximum Gasteiger partial charge on any atom is 0.338 e. The lowest BCUT2D eigenvalue weighted by Gasteiger charge is -2.30. The minimum atomic E-state index is -0.720. The van der Waals surface area contributed by atoms with E-state index in [0.29, 0.717) is 46.4 Å². The Balaban J connectivity index is 2.57. The summed E-state index contributed by atoms with van der Waals surface area (Å²) >= 11 is 6.36. The van der Waals surface area contributed by atoms with Gasteiger partial charge in [0.25, 0.3) is 0 Å². The highest BCUT2D eigenvalue weighted by Crippen LogP contribution is 2.40. The summed E-state index contributed by atoms with van der Waals surface area (Å²) in [5.74, 6) is 0.335. The molecule has 0 aliphatic carbocycles. The van der Waals surface area contributed by atoms with Gasteiger partial charge in [-0.05, 0) is 44.9 Å². The van der Waals surface area contributed by atoms with Crippen molar-refractivity contribution in [3.8, 4) is 11.5 Å². The zero-order valence-electron chi connectivity index (χ0n) is 16.1. The van der Waals surface area contributed by atoms with Crippen molar-refractivity contribution in [1.82, 2.24) is 10.6 Å². The van der Waals surface area contributed by atoms with Gasteiger partial charge in [-0.15, -0.1) is 0 Å². The van der Waals surface area contributed by atoms with Crippen LogP contribution in [-0.2, 0) is 9.53 Å². The van der Waals surface area contributed by atoms with Crippen LogP contribution >= 0.6 is 11.6 Å². The third-order valence-corrected chi connectivity index (χ3v) is 4.22. The average Bonchev–Trinajstić information content (AvgIpc) is 2.61. The molecule has 0 bridgehead atoms. The lowest BCUT2D eigenvalue weighted by atomic mass is 9.94. The van der Waals surface area contributed by atoms with Gasteiger partial charge in [0.1, 0.15) is 0 Å². The van der Waals surface area contributed by atoms with Gasteiger partial charge in [-0.25, -0.2) is 9.59 Å². The standard InChI is InChI=1S/C19H25ClN2O5/c1-6-13-15(18(23)27-10(3)4)16(22-19(24)21-13)11-8-12(20)17(26-7-2)14(9-11)25-5/h8-10,16H,6-7H2,1-5H3,(H2,21,22,24). The van der Waals surface area contributed by atoms with Gasteiger partial charge < -0.3 is 24.8 Å². The molecule has 1 aliphatic rings. The molecule has 27 heavy (non-hydrogen) atoms. The van der Waals surface area contributed by atoms with Crippen LogP contribution < -0.4 is 20.1 Å². The normalized spacial score (nSPS) is 16.7. The second kappa shape index (κ2) is 8.99. The van der Waals surface area contributed by atoms with Gasteiger partial charge in [0.2, 0.25) is 0 Å². The van der Waals surface area contributed by atoms with E-state index in [4.69, 9.17) is 25.8 Å². The molecule has 148 valence electrons. The fourth-order valence-electron chi connectivity index (χ4n) is 2.86. The molecule has 2 amide bonds. The summed E-state index contributed by atoms with van der Waals surface area (Å²) in [6, 6.07) is 2.23. The number of allylic oxidation sites excluding steroid dienone is 1. The molecule has 0 fully saturated rings. The van der Waals surface area contributed by atoms with Crippen LogP contribution in [0.4, 0.5) is 4.79 Å². The van der Waals surface area contributed by atoms with Gasteiger partial charge in [0.05, 0.1) is 36.5 Å². The maximum absolute atomic E-state index is 12.7. The van der Waals surface area contributed by atoms with E-state index in [1.165, 1.54) is 7.11 Å². The molecular weight excluding hydrogens is 372 g/mol. The molecule has 1 aromatic carbocycles. The monoisotopic (exact) mass is 396 g/mol. The first-order valence-corrected chi connectivity index (χ1v) is 9.21. The number of carbonyl (C=O) groups is 2. The Morgan fingerprint density at radius 1 is 1.30 bits per heavy atom. The number of hydrogen-bond donors (Lipinski definition) is 2. The third kappa shape index (κ3) is 4.66. The number of benzene rings is 1. The second-order valence-electron chi connectivity index (χ2n) is 6.20. The Hall–Kier alpha value is -2.41. The number of esters is 1. The SMILES string of the molecule is CCOc1c(Cl)cc(C2NC(=O)NC(CC)=C2C(=O)OC(C)C)cc1OC. The predicted molar refractivity (Wildman–Crippen MR) is 102 cm³/mol. The lowest BCUT2D eigenvalue weighted by molar-refractivity contribution is -0.143. The molecule has 2 N–H and O–H groups in total. The first kappa shape index (κ1) is 20.9. The van der Waals surface area contributed by atoms with E-state index in [2.05, 4.69) is 10.6 Å². The molecule has 1 atom stereocenters. The zero-order chi connectivity index (χ0) is 20.1. The summed E-state index contributed by atoms with van der Waals surface area (Å²) in [6.07, 6.45) is 0.175. The van der Waals surface area contributed by atoms with Crippen LogP contribution in [0.15, 0.2) is 23.4 Å². The topological polar surface area (TPSA) is 85.9 Å². The Morgan fingerprint density at radius 3 is 2.56 bits per heavy atom. The summed E-state index contributed by atoms with van der Waals surface area (Å²) in [5, 5.41) is 5.78. The molecule has 1 aromatic rings. The van der Waals surface area contributed by atoms with Gasteiger partial charge in [0, 0.05) is 5.70 Å². The van der Waals surface area contributed by atoms with Crippen LogP contribution in [0.5, 0.6) is 11.5 Å². The second-order valence-corrected chi connectivity index (χ2v) is 6.61. The fraction of sp³-hybridized carbons (Fsp3) is 0.474. The highest BCUT2D eigenvalue weighted by molar-refractivity contribution is 6.32. The maximum atomic E-state index is 12.7. The molecule has 1 unspecified atom stereocenters. The van der Waals surface area contributed by atoms with E-state index >= 15 is 0 Å². The van der Waals surface area contributed by atoms with Crippen molar-refractivity contribution in [3.63, 3.8) is 0 Å². The van der Waals surface area contributed by atoms with E-state index in [9.17, 15) is 9.59 Å². The van der Waals surface area contributed by atoms with E-state index in [1.54, 1.807) is 26.0 Å². The Bertz CT molecular complexity index is 761. The third-order valence-electron chi connectivity index (χ3n) is 3.94. The highest BCUT2D eigenvalue weighted by atomic mass is 35.5. The minimum absolute atomic E-state index is 0.292. The number of nitrogens with one attached hydrogen (secondary N) is 2. The number of urea groups is 1. The van der Waals surface area contributed by atoms with Gasteiger partial charge >= 0.3 is 12.0 Å². The summed E-state index contributed by atoms with van der Waals surface area (Å²) in [5.41, 5.74) is 1.45. The van der Waals surface area contributed by atoms with Crippen LogP contribution in [-0.4, -0.2) is 31.8 Å². The predicted octanol–water partition coefficient (Wildman–Crippen LogP) is 3.72. The number of hydrogen-bond acceptors (Lipinski definition) is 5. The summed E-state index contributed by atoms with van der Waals surface area (Å²) in [7, 11) is 1.50. The number of rotatable bonds is 7. The smallest absolute Gasteiger partial charge is 0.338 e. The minimum Gasteiger partial charge on any atom is -0.493 e. The number of methoxy groups -OCH3 is 1. The molecule has 0 saturated heterocycles. The molecule has 0 aromatic heterocycles. The fourth-order valence-corrected chi connectivity index (χ4v) is 3.13. The molecule has 7 nitrogen and oxygen atoms in total. The Kier molecular flexibility index (Phi) is 6.96. The van der Waals surface area contributed by atoms with Gasteiger partial charge in [-0.1, -0.05) is 18.5 Å². The molecule has 0 spiro atoms. The van der Waals surface area contributed by atoms with Gasteiger partial charge in [0.15, 0.2) is 11.5 Å². The van der Waals surface area contributed by atoms with Crippen molar-refractivity contribution >= 4 is 23.6 Å². The molecular formula is C19H25ClN2O5. The quantitative estimate of drug-likeness (QED) is 0.686. The average molecular weight is 397 g/mol. The first-order valence-electron chi connectivity index (χ1n) is 8.84. The van der Waals surface area contributed by atoms with E-state index in [1.807, 2.05) is 13.8 Å². The van der Waals surface area contributed by atoms with Crippen molar-refractivity contribution in [1.29, 1.82) is 0 Å². The van der Waals surface area contributed by atoms with Crippen molar-refractivity contribution in [2.75, 3.05) is 13.7 Å². The summed E-state index contributed by atoms with van der Waals surface area (Å²) in [4.78, 5) is 24.8. The van der Waals surface area contributed by atoms with Crippen LogP contribution in [0.1, 0.15) is 45.7 Å². The Morgan fingerprint density at radius 2 is 2.00 bits per heavy atom. The van der Waals surface area contributed by atoms with E-state index < -0.39 is 18.0 Å². The zero-order valence-corrected chi connectivity index (χ0v) is 16.9. The van der Waals surface area contributed by atoms with Crippen molar-refractivity contribution in [3.05, 3.63) is 34.0 Å². The van der Waals surface area contributed by atoms with E-state index in [-0.39, 0.29) is 6.10 Å². The van der Waals surface area contributed by atoms with Gasteiger partial charge in [-0.2, -0.15) is 0 Å². The molecule has 0 radical (unpaired) electrons. The number of amides is 2. The first-order chi connectivity index (χ1) is 12.8. The number of carbonyl (C=O) groups excluding carboxylic acids is 2. The molecule has 1 heterocycles. The largest absolute Gasteiger partial charge is 0.493 e. The molecule has 1 aliphatic heterocycles. The Labute approximate surface area is 164 Å². The lowest BCUT2D eigenvalue weighted by Crippen LogP contribution is -2.46. The molecule has 0 saturated carbocycles. The molecule has 2 rings (SSSR count). The summed E-state index contributed by atoms with van der Waals surface area (Å²) in [6.45, 7) is 7.65. The number of halogens is 1. The highest BCUT2D eigenvalue weighted by Gasteiger charge is 2.34. The van der Waals surface area contributed by atoms with Crippen LogP contribution in [0.25, 0.3) is 0 Å². The van der Waals surface area contributed by atoms with Crippen LogP contribution in [0.3, 0.4) is 0 Å². The van der Waals surface area contributed by atoms with E-state index in [0.717, 1.165) is 0 Å². The van der Waals surface area contributed by atoms with Crippen LogP contribution in [0.2, 0.25) is 5.02 Å².